The van der Waals surface area contributed by atoms with Gasteiger partial charge in [0.25, 0.3) is 0 Å². The van der Waals surface area contributed by atoms with Crippen molar-refractivity contribution in [3.63, 3.8) is 0 Å². The van der Waals surface area contributed by atoms with Crippen LogP contribution in [0.1, 0.15) is 30.3 Å². The summed E-state index contributed by atoms with van der Waals surface area (Å²) in [6.07, 6.45) is 2.73. The van der Waals surface area contributed by atoms with Gasteiger partial charge in [-0.1, -0.05) is 6.92 Å². The Labute approximate surface area is 119 Å². The summed E-state index contributed by atoms with van der Waals surface area (Å²) < 4.78 is 12.4. The number of rotatable bonds is 7. The summed E-state index contributed by atoms with van der Waals surface area (Å²) in [5.41, 5.74) is 3.56. The van der Waals surface area contributed by atoms with Gasteiger partial charge < -0.3 is 14.8 Å². The summed E-state index contributed by atoms with van der Waals surface area (Å²) in [7, 11) is 1.51. The molecule has 6 heteroatoms. The number of nitrogens with one attached hydrogen (secondary N) is 1. The highest BCUT2D eigenvalue weighted by atomic mass is 16.5. The second kappa shape index (κ2) is 7.40. The lowest BCUT2D eigenvalue weighted by atomic mass is 10.1. The number of aryl methyl sites for hydroxylation is 1. The molecule has 1 aliphatic heterocycles. The molecule has 0 saturated heterocycles. The summed E-state index contributed by atoms with van der Waals surface area (Å²) in [6, 6.07) is 0. The van der Waals surface area contributed by atoms with Crippen LogP contribution >= 0.6 is 0 Å². The van der Waals surface area contributed by atoms with E-state index in [-0.39, 0.29) is 12.5 Å². The van der Waals surface area contributed by atoms with Crippen LogP contribution in [-0.4, -0.2) is 42.6 Å². The van der Waals surface area contributed by atoms with Gasteiger partial charge in [-0.05, 0) is 6.42 Å². The number of carbonyl (C=O) groups is 1. The molecule has 0 spiro atoms. The topological polar surface area (TPSA) is 65.4 Å². The van der Waals surface area contributed by atoms with Crippen molar-refractivity contribution in [3.8, 4) is 0 Å². The van der Waals surface area contributed by atoms with Crippen molar-refractivity contribution in [2.24, 2.45) is 0 Å². The smallest absolute Gasteiger partial charge is 0.245 e. The highest BCUT2D eigenvalue weighted by Crippen LogP contribution is 2.21. The van der Waals surface area contributed by atoms with Crippen LogP contribution < -0.4 is 5.32 Å². The Morgan fingerprint density at radius 1 is 1.55 bits per heavy atom. The fourth-order valence-corrected chi connectivity index (χ4v) is 2.48. The van der Waals surface area contributed by atoms with Gasteiger partial charge in [-0.15, -0.1) is 0 Å². The number of amides is 1. The summed E-state index contributed by atoms with van der Waals surface area (Å²) in [5, 5.41) is 7.50. The summed E-state index contributed by atoms with van der Waals surface area (Å²) >= 11 is 0. The van der Waals surface area contributed by atoms with Gasteiger partial charge in [0, 0.05) is 44.3 Å². The first kappa shape index (κ1) is 15.0. The maximum atomic E-state index is 11.3. The lowest BCUT2D eigenvalue weighted by Gasteiger charge is -2.14. The van der Waals surface area contributed by atoms with Crippen LogP contribution in [0, 0.1) is 0 Å². The molecular weight excluding hydrogens is 258 g/mol. The maximum absolute atomic E-state index is 11.3. The van der Waals surface area contributed by atoms with E-state index < -0.39 is 0 Å². The quantitative estimate of drug-likeness (QED) is 0.798. The third kappa shape index (κ3) is 3.58. The predicted octanol–water partition coefficient (Wildman–Crippen LogP) is 0.671. The molecule has 2 rings (SSSR count). The Morgan fingerprint density at radius 3 is 3.15 bits per heavy atom. The second-order valence-electron chi connectivity index (χ2n) is 4.93. The number of hydrogen-bond acceptors (Lipinski definition) is 4. The third-order valence-electron chi connectivity index (χ3n) is 3.37. The van der Waals surface area contributed by atoms with Gasteiger partial charge in [-0.3, -0.25) is 9.48 Å². The van der Waals surface area contributed by atoms with Crippen molar-refractivity contribution < 1.29 is 14.3 Å². The Kier molecular flexibility index (Phi) is 5.55. The molecule has 1 aromatic rings. The van der Waals surface area contributed by atoms with E-state index in [1.54, 1.807) is 0 Å². The van der Waals surface area contributed by atoms with Gasteiger partial charge in [-0.25, -0.2) is 0 Å². The van der Waals surface area contributed by atoms with Crippen LogP contribution in [0.3, 0.4) is 0 Å². The number of methoxy groups -OCH3 is 1. The van der Waals surface area contributed by atoms with Gasteiger partial charge in [0.05, 0.1) is 18.9 Å². The van der Waals surface area contributed by atoms with Gasteiger partial charge in [0.15, 0.2) is 0 Å². The molecule has 20 heavy (non-hydrogen) atoms. The molecule has 0 bridgehead atoms. The monoisotopic (exact) mass is 281 g/mol. The Bertz CT molecular complexity index is 457. The maximum Gasteiger partial charge on any atom is 0.245 e. The molecule has 0 saturated carbocycles. The van der Waals surface area contributed by atoms with E-state index in [1.807, 2.05) is 0 Å². The van der Waals surface area contributed by atoms with Gasteiger partial charge in [0.2, 0.25) is 5.91 Å². The minimum absolute atomic E-state index is 0.0920. The van der Waals surface area contributed by atoms with E-state index in [0.29, 0.717) is 13.2 Å². The molecule has 0 fully saturated rings. The van der Waals surface area contributed by atoms with Crippen molar-refractivity contribution in [2.45, 2.75) is 39.3 Å². The fourth-order valence-electron chi connectivity index (χ4n) is 2.48. The molecule has 0 radical (unpaired) electrons. The first-order chi connectivity index (χ1) is 9.76. The molecule has 112 valence electrons. The summed E-state index contributed by atoms with van der Waals surface area (Å²) in [6.45, 7) is 5.19. The van der Waals surface area contributed by atoms with Crippen molar-refractivity contribution >= 4 is 5.91 Å². The molecule has 1 aromatic heterocycles. The van der Waals surface area contributed by atoms with Gasteiger partial charge in [-0.2, -0.15) is 5.10 Å². The van der Waals surface area contributed by atoms with Crippen LogP contribution in [0.2, 0.25) is 0 Å². The van der Waals surface area contributed by atoms with E-state index in [1.165, 1.54) is 18.4 Å². The highest BCUT2D eigenvalue weighted by Gasteiger charge is 2.20. The van der Waals surface area contributed by atoms with Crippen molar-refractivity contribution in [1.29, 1.82) is 0 Å². The minimum Gasteiger partial charge on any atom is -0.376 e. The van der Waals surface area contributed by atoms with Gasteiger partial charge in [0.1, 0.15) is 6.61 Å². The summed E-state index contributed by atoms with van der Waals surface area (Å²) in [5.74, 6) is -0.0920. The van der Waals surface area contributed by atoms with Crippen LogP contribution in [-0.2, 0) is 40.3 Å². The number of nitrogens with zero attached hydrogens (tertiary/aromatic N) is 2. The molecule has 1 amide bonds. The molecule has 0 aromatic carbocycles. The van der Waals surface area contributed by atoms with Crippen LogP contribution in [0.5, 0.6) is 0 Å². The average molecular weight is 281 g/mol. The van der Waals surface area contributed by atoms with E-state index in [0.717, 1.165) is 38.1 Å². The largest absolute Gasteiger partial charge is 0.376 e. The standard InChI is InChI=1S/C14H23N3O3/c1-3-7-17-13-5-8-20-9-11(13)12(16-17)4-6-15-14(18)10-19-2/h3-10H2,1-2H3,(H,15,18). The van der Waals surface area contributed by atoms with Crippen molar-refractivity contribution in [3.05, 3.63) is 17.0 Å². The fraction of sp³-hybridized carbons (Fsp3) is 0.714. The predicted molar refractivity (Wildman–Crippen MR) is 74.5 cm³/mol. The summed E-state index contributed by atoms with van der Waals surface area (Å²) in [4.78, 5) is 11.3. The average Bonchev–Trinajstić information content (AvgIpc) is 2.79. The van der Waals surface area contributed by atoms with Gasteiger partial charge >= 0.3 is 0 Å². The normalized spacial score (nSPS) is 14.1. The lowest BCUT2D eigenvalue weighted by molar-refractivity contribution is -0.124. The zero-order chi connectivity index (χ0) is 14.4. The number of fused-ring (bicyclic) bond motifs is 1. The number of aromatic nitrogens is 2. The van der Waals surface area contributed by atoms with E-state index in [2.05, 4.69) is 22.0 Å². The van der Waals surface area contributed by atoms with Crippen LogP contribution in [0.15, 0.2) is 0 Å². The lowest BCUT2D eigenvalue weighted by Crippen LogP contribution is -2.29. The Morgan fingerprint density at radius 2 is 2.40 bits per heavy atom. The molecule has 1 aliphatic rings. The van der Waals surface area contributed by atoms with Crippen molar-refractivity contribution in [1.82, 2.24) is 15.1 Å². The SMILES string of the molecule is CCCn1nc(CCNC(=O)COC)c2c1CCOC2. The minimum atomic E-state index is -0.0920. The number of ether oxygens (including phenoxy) is 2. The molecule has 2 heterocycles. The second-order valence-corrected chi connectivity index (χ2v) is 4.93. The van der Waals surface area contributed by atoms with Crippen molar-refractivity contribution in [2.75, 3.05) is 26.9 Å². The van der Waals surface area contributed by atoms with E-state index in [4.69, 9.17) is 9.47 Å². The molecule has 6 nitrogen and oxygen atoms in total. The van der Waals surface area contributed by atoms with E-state index in [9.17, 15) is 4.79 Å². The molecule has 0 unspecified atom stereocenters. The van der Waals surface area contributed by atoms with Crippen LogP contribution in [0.25, 0.3) is 0 Å². The number of hydrogen-bond donors (Lipinski definition) is 1. The zero-order valence-corrected chi connectivity index (χ0v) is 12.3. The highest BCUT2D eigenvalue weighted by molar-refractivity contribution is 5.77. The molecule has 1 N–H and O–H groups in total. The first-order valence-electron chi connectivity index (χ1n) is 7.17. The Balaban J connectivity index is 1.98. The molecular formula is C14H23N3O3. The third-order valence-corrected chi connectivity index (χ3v) is 3.37. The van der Waals surface area contributed by atoms with E-state index >= 15 is 0 Å². The molecule has 0 atom stereocenters. The molecule has 0 aliphatic carbocycles. The number of carbonyl (C=O) groups excluding carboxylic acids is 1. The Hall–Kier alpha value is -1.40. The first-order valence-corrected chi connectivity index (χ1v) is 7.17. The zero-order valence-electron chi connectivity index (χ0n) is 12.3. The van der Waals surface area contributed by atoms with Crippen LogP contribution in [0.4, 0.5) is 0 Å².